The minimum atomic E-state index is -3.23. The fourth-order valence-corrected chi connectivity index (χ4v) is 10.2. The highest BCUT2D eigenvalue weighted by atomic mass is 31.2. The van der Waals surface area contributed by atoms with Crippen LogP contribution < -0.4 is 15.9 Å². The van der Waals surface area contributed by atoms with Gasteiger partial charge in [0, 0.05) is 0 Å². The maximum atomic E-state index is 14.8. The van der Waals surface area contributed by atoms with Gasteiger partial charge in [0.1, 0.15) is 29.1 Å². The van der Waals surface area contributed by atoms with Crippen LogP contribution in [0.5, 0.6) is 0 Å². The Labute approximate surface area is 329 Å². The molecule has 0 bridgehead atoms. The van der Waals surface area contributed by atoms with Gasteiger partial charge >= 0.3 is 24.1 Å². The lowest BCUT2D eigenvalue weighted by molar-refractivity contribution is -0.147. The van der Waals surface area contributed by atoms with Gasteiger partial charge in [0.2, 0.25) is 0 Å². The molecule has 4 aromatic carbocycles. The third-order valence-electron chi connectivity index (χ3n) is 8.25. The highest BCUT2D eigenvalue weighted by Gasteiger charge is 2.41. The van der Waals surface area contributed by atoms with E-state index >= 15 is 0 Å². The Kier molecular flexibility index (Phi) is 14.8. The van der Waals surface area contributed by atoms with E-state index in [1.54, 1.807) is 41.5 Å². The van der Waals surface area contributed by atoms with E-state index in [1.165, 1.54) is 12.2 Å². The summed E-state index contributed by atoms with van der Waals surface area (Å²) in [4.78, 5) is 70.0. The molecule has 4 rings (SSSR count). The second-order valence-electron chi connectivity index (χ2n) is 14.8. The van der Waals surface area contributed by atoms with E-state index in [1.807, 2.05) is 121 Å². The first-order valence-electron chi connectivity index (χ1n) is 18.3. The van der Waals surface area contributed by atoms with Gasteiger partial charge in [-0.15, -0.1) is 0 Å². The predicted molar refractivity (Wildman–Crippen MR) is 220 cm³/mol. The predicted octanol–water partition coefficient (Wildman–Crippen LogP) is 7.52. The van der Waals surface area contributed by atoms with Crippen LogP contribution in [0.4, 0.5) is 9.59 Å². The van der Waals surface area contributed by atoms with Gasteiger partial charge in [0.25, 0.3) is 0 Å². The summed E-state index contributed by atoms with van der Waals surface area (Å²) in [6.45, 7) is 6.46. The number of esters is 2. The van der Waals surface area contributed by atoms with Crippen molar-refractivity contribution in [3.05, 3.63) is 139 Å². The van der Waals surface area contributed by atoms with Crippen molar-refractivity contribution in [2.45, 2.75) is 78.2 Å². The number of carbonyl (C=O) groups excluding carboxylic acids is 5. The molecule has 0 fully saturated rings. The highest BCUT2D eigenvalue weighted by Crippen LogP contribution is 2.47. The summed E-state index contributed by atoms with van der Waals surface area (Å²) in [6, 6.07) is 36.1. The molecule has 4 aromatic rings. The topological polar surface area (TPSA) is 126 Å². The molecule has 0 radical (unpaired) electrons. The van der Waals surface area contributed by atoms with Crippen LogP contribution in [0.25, 0.3) is 0 Å². The molecule has 1 atom stereocenters. The summed E-state index contributed by atoms with van der Waals surface area (Å²) >= 11 is 0. The average Bonchev–Trinajstić information content (AvgIpc) is 3.16. The maximum Gasteiger partial charge on any atom is 0.420 e. The highest BCUT2D eigenvalue weighted by molar-refractivity contribution is 7.97. The summed E-state index contributed by atoms with van der Waals surface area (Å²) in [5, 5.41) is 2.24. The maximum absolute atomic E-state index is 14.8. The van der Waals surface area contributed by atoms with Gasteiger partial charge in [-0.2, -0.15) is 4.90 Å². The van der Waals surface area contributed by atoms with E-state index in [2.05, 4.69) is 0 Å². The first-order valence-corrected chi connectivity index (χ1v) is 20.1. The summed E-state index contributed by atoms with van der Waals surface area (Å²) in [5.41, 5.74) is -1.26. The van der Waals surface area contributed by atoms with Gasteiger partial charge in [-0.25, -0.2) is 19.2 Å². The second-order valence-corrected chi connectivity index (χ2v) is 18.1. The standard InChI is InChI=1S/C45H50NO9P/c1-44(2,3)54-42(50)46(43(51)55-45(4,5)6)37(40(48)52-7)30-20-21-31-38(47)39(41(49)53-32-33-22-12-8-13-23-33)56(34-24-14-9-15-25-34,35-26-16-10-17-27-35)36-28-18-11-19-29-36/h8-19,21-29,31,37H,20,30,32H2,1-7H3/b31-21+/t37-/m0/s1. The number of amides is 2. The largest absolute Gasteiger partial charge is 0.467 e. The van der Waals surface area contributed by atoms with E-state index in [0.29, 0.717) is 4.90 Å². The van der Waals surface area contributed by atoms with Gasteiger partial charge in [-0.05, 0) is 88.8 Å². The zero-order chi connectivity index (χ0) is 40.9. The van der Waals surface area contributed by atoms with Crippen molar-refractivity contribution in [3.63, 3.8) is 0 Å². The summed E-state index contributed by atoms with van der Waals surface area (Å²) < 4.78 is 21.9. The first-order chi connectivity index (χ1) is 26.6. The third kappa shape index (κ3) is 11.2. The lowest BCUT2D eigenvalue weighted by atomic mass is 10.1. The van der Waals surface area contributed by atoms with Crippen LogP contribution in [-0.2, 0) is 39.9 Å². The fraction of sp³-hybridized carbons (Fsp3) is 0.289. The number of methoxy groups -OCH3 is 1. The minimum Gasteiger partial charge on any atom is -0.467 e. The lowest BCUT2D eigenvalue weighted by Gasteiger charge is -2.32. The molecule has 10 nitrogen and oxygen atoms in total. The Balaban J connectivity index is 1.86. The molecule has 0 saturated heterocycles. The number of hydrogen-bond acceptors (Lipinski definition) is 9. The molecule has 0 N–H and O–H groups in total. The Hall–Kier alpha value is -5.73. The van der Waals surface area contributed by atoms with E-state index in [0.717, 1.165) is 28.6 Å². The Morgan fingerprint density at radius 1 is 0.643 bits per heavy atom. The van der Waals surface area contributed by atoms with Crippen molar-refractivity contribution in [2.24, 2.45) is 0 Å². The Bertz CT molecular complexity index is 1920. The number of hydrogen-bond donors (Lipinski definition) is 0. The normalized spacial score (nSPS) is 12.3. The van der Waals surface area contributed by atoms with Gasteiger partial charge in [-0.1, -0.05) is 127 Å². The average molecular weight is 780 g/mol. The molecule has 0 aliphatic carbocycles. The molecule has 294 valence electrons. The zero-order valence-electron chi connectivity index (χ0n) is 33.0. The molecule has 0 aliphatic rings. The van der Waals surface area contributed by atoms with Gasteiger partial charge in [-0.3, -0.25) is 4.79 Å². The molecule has 0 aromatic heterocycles. The van der Waals surface area contributed by atoms with Crippen molar-refractivity contribution in [3.8, 4) is 0 Å². The van der Waals surface area contributed by atoms with Gasteiger partial charge in [0.05, 0.1) is 7.11 Å². The molecule has 0 saturated carbocycles. The summed E-state index contributed by atoms with van der Waals surface area (Å²) in [6.07, 6.45) is 0.444. The molecule has 2 amide bonds. The number of allylic oxidation sites excluding steroid dienone is 2. The smallest absolute Gasteiger partial charge is 0.420 e. The lowest BCUT2D eigenvalue weighted by Crippen LogP contribution is -2.52. The van der Waals surface area contributed by atoms with Gasteiger partial charge in [0.15, 0.2) is 5.78 Å². The molecule has 56 heavy (non-hydrogen) atoms. The molecular weight excluding hydrogens is 729 g/mol. The van der Waals surface area contributed by atoms with Crippen molar-refractivity contribution < 1.29 is 42.9 Å². The second kappa shape index (κ2) is 19.2. The van der Waals surface area contributed by atoms with Crippen LogP contribution in [0.15, 0.2) is 133 Å². The monoisotopic (exact) mass is 779 g/mol. The quantitative estimate of drug-likeness (QED) is 0.0446. The summed E-state index contributed by atoms with van der Waals surface area (Å²) in [5.74, 6) is -2.26. The molecule has 0 spiro atoms. The van der Waals surface area contributed by atoms with Crippen molar-refractivity contribution >= 4 is 58.0 Å². The number of nitrogens with zero attached hydrogens (tertiary/aromatic N) is 1. The van der Waals surface area contributed by atoms with Crippen LogP contribution in [0, 0.1) is 0 Å². The van der Waals surface area contributed by atoms with Crippen molar-refractivity contribution in [2.75, 3.05) is 7.11 Å². The van der Waals surface area contributed by atoms with Crippen LogP contribution in [0.1, 0.15) is 59.9 Å². The first kappa shape index (κ1) is 43.0. The van der Waals surface area contributed by atoms with Crippen LogP contribution >= 0.6 is 6.89 Å². The van der Waals surface area contributed by atoms with E-state index in [9.17, 15) is 24.0 Å². The molecule has 0 heterocycles. The van der Waals surface area contributed by atoms with Crippen molar-refractivity contribution in [1.29, 1.82) is 0 Å². The number of imide groups is 1. The van der Waals surface area contributed by atoms with E-state index < -0.39 is 54.0 Å². The zero-order valence-corrected chi connectivity index (χ0v) is 33.9. The molecule has 0 aliphatic heterocycles. The van der Waals surface area contributed by atoms with Crippen LogP contribution in [0.3, 0.4) is 0 Å². The van der Waals surface area contributed by atoms with E-state index in [-0.39, 0.29) is 24.7 Å². The number of ketones is 1. The van der Waals surface area contributed by atoms with Crippen molar-refractivity contribution in [1.82, 2.24) is 4.90 Å². The van der Waals surface area contributed by atoms with Gasteiger partial charge < -0.3 is 18.9 Å². The number of ether oxygens (including phenoxy) is 4. The summed E-state index contributed by atoms with van der Waals surface area (Å²) in [7, 11) is 1.14. The third-order valence-corrected chi connectivity index (χ3v) is 12.5. The number of carbonyl (C=O) groups is 5. The fourth-order valence-electron chi connectivity index (χ4n) is 5.95. The molecule has 0 unspecified atom stereocenters. The van der Waals surface area contributed by atoms with Crippen LogP contribution in [0.2, 0.25) is 0 Å². The number of benzene rings is 4. The minimum absolute atomic E-state index is 0.00734. The molecule has 11 heteroatoms. The number of rotatable bonds is 13. The van der Waals surface area contributed by atoms with E-state index in [4.69, 9.17) is 18.9 Å². The Morgan fingerprint density at radius 2 is 1.05 bits per heavy atom. The van der Waals surface area contributed by atoms with Crippen LogP contribution in [-0.4, -0.2) is 64.5 Å². The SMILES string of the molecule is COC(=O)[C@H](CC/C=C/C(=O)C(C(=O)OCc1ccccc1)=P(c1ccccc1)(c1ccccc1)c1ccccc1)N(C(=O)OC(C)(C)C)C(=O)OC(C)(C)C. The Morgan fingerprint density at radius 3 is 1.45 bits per heavy atom. The molecular formula is C45H50NO9P.